The van der Waals surface area contributed by atoms with Gasteiger partial charge in [-0.15, -0.1) is 0 Å². The summed E-state index contributed by atoms with van der Waals surface area (Å²) in [4.78, 5) is 48.5. The highest BCUT2D eigenvalue weighted by molar-refractivity contribution is 6.31. The minimum atomic E-state index is -1.39. The van der Waals surface area contributed by atoms with E-state index >= 15 is 4.39 Å². The van der Waals surface area contributed by atoms with Gasteiger partial charge < -0.3 is 29.8 Å². The van der Waals surface area contributed by atoms with E-state index in [1.807, 2.05) is 6.92 Å². The number of methoxy groups -OCH3 is 1. The van der Waals surface area contributed by atoms with Gasteiger partial charge in [0.15, 0.2) is 11.4 Å². The summed E-state index contributed by atoms with van der Waals surface area (Å²) < 4.78 is 25.9. The SMILES string of the molecule is COC(=O)Nc1ccc2c(c1)NC(O)CCCCC(C(=O)N1CCC[C@@]3(C1)OC(=O)Nc1ccc(Cl)c(F)c13)c1nc-2c(C)[nH]1. The van der Waals surface area contributed by atoms with Crippen LogP contribution in [0, 0.1) is 12.7 Å². The molecule has 0 radical (unpaired) electrons. The van der Waals surface area contributed by atoms with Crippen molar-refractivity contribution in [2.75, 3.05) is 36.1 Å². The van der Waals surface area contributed by atoms with Crippen LogP contribution in [0.1, 0.15) is 61.5 Å². The molecule has 3 aliphatic heterocycles. The summed E-state index contributed by atoms with van der Waals surface area (Å²) in [6.07, 6.45) is 0.680. The van der Waals surface area contributed by atoms with Crippen molar-refractivity contribution in [3.8, 4) is 11.3 Å². The number of aromatic nitrogens is 2. The Labute approximate surface area is 263 Å². The maximum Gasteiger partial charge on any atom is 0.412 e. The Kier molecular flexibility index (Phi) is 8.31. The summed E-state index contributed by atoms with van der Waals surface area (Å²) in [5, 5.41) is 19.0. The summed E-state index contributed by atoms with van der Waals surface area (Å²) >= 11 is 6.13. The molecule has 1 saturated heterocycles. The van der Waals surface area contributed by atoms with E-state index in [2.05, 4.69) is 20.9 Å². The molecule has 14 heteroatoms. The number of carbonyl (C=O) groups is 3. The van der Waals surface area contributed by atoms with Gasteiger partial charge in [-0.2, -0.15) is 0 Å². The predicted molar refractivity (Wildman–Crippen MR) is 165 cm³/mol. The number of benzene rings is 2. The Bertz CT molecular complexity index is 1670. The summed E-state index contributed by atoms with van der Waals surface area (Å²) in [6.45, 7) is 2.21. The average molecular weight is 641 g/mol. The molecule has 3 amide bonds. The molecule has 3 aromatic rings. The number of imidazole rings is 1. The van der Waals surface area contributed by atoms with E-state index in [0.717, 1.165) is 0 Å². The van der Waals surface area contributed by atoms with Crippen molar-refractivity contribution in [2.45, 2.75) is 63.2 Å². The molecule has 2 unspecified atom stereocenters. The number of aryl methyl sites for hydroxylation is 1. The number of H-pyrrole nitrogens is 1. The number of aliphatic hydroxyl groups excluding tert-OH is 1. The number of aromatic amines is 1. The van der Waals surface area contributed by atoms with E-state index in [9.17, 15) is 19.5 Å². The number of nitrogens with zero attached hydrogens (tertiary/aromatic N) is 2. The molecular formula is C31H34ClFN6O6. The van der Waals surface area contributed by atoms with Gasteiger partial charge in [0, 0.05) is 29.2 Å². The number of hydrogen-bond donors (Lipinski definition) is 5. The summed E-state index contributed by atoms with van der Waals surface area (Å²) in [7, 11) is 1.27. The zero-order valence-corrected chi connectivity index (χ0v) is 25.6. The maximum absolute atomic E-state index is 15.4. The monoisotopic (exact) mass is 640 g/mol. The third-order valence-electron chi connectivity index (χ3n) is 8.62. The van der Waals surface area contributed by atoms with Crippen molar-refractivity contribution in [2.24, 2.45) is 0 Å². The van der Waals surface area contributed by atoms with Crippen LogP contribution in [0.2, 0.25) is 5.02 Å². The van der Waals surface area contributed by atoms with Crippen molar-refractivity contribution in [1.29, 1.82) is 0 Å². The zero-order valence-electron chi connectivity index (χ0n) is 24.8. The molecule has 2 aromatic carbocycles. The molecule has 2 bridgehead atoms. The highest BCUT2D eigenvalue weighted by Gasteiger charge is 2.49. The van der Waals surface area contributed by atoms with E-state index in [4.69, 9.17) is 26.1 Å². The van der Waals surface area contributed by atoms with Crippen molar-refractivity contribution in [3.63, 3.8) is 0 Å². The van der Waals surface area contributed by atoms with Crippen LogP contribution in [0.25, 0.3) is 11.3 Å². The molecule has 0 saturated carbocycles. The van der Waals surface area contributed by atoms with Gasteiger partial charge in [-0.3, -0.25) is 15.4 Å². The van der Waals surface area contributed by atoms with Crippen LogP contribution >= 0.6 is 11.6 Å². The van der Waals surface area contributed by atoms with E-state index in [-0.39, 0.29) is 28.7 Å². The van der Waals surface area contributed by atoms with Gasteiger partial charge in [-0.25, -0.2) is 19.0 Å². The van der Waals surface area contributed by atoms with E-state index in [0.29, 0.717) is 79.2 Å². The first kappa shape index (κ1) is 30.7. The summed E-state index contributed by atoms with van der Waals surface area (Å²) in [5.74, 6) is -1.09. The molecule has 1 spiro atoms. The Morgan fingerprint density at radius 3 is 2.80 bits per heavy atom. The standard InChI is InChI=1S/C31H34ClFN6O6/c1-16-26-18-9-8-17(35-29(42)44-2)14-22(18)36-23(40)7-4-3-6-19(27(34-16)38-26)28(41)39-13-5-12-31(15-39)24-21(37-30(43)45-31)11-10-20(32)25(24)33/h8-11,14,19,23,36,40H,3-7,12-13,15H2,1-2H3,(H,34,38)(H,35,42)(H,37,43)/t19?,23?,31-/m0/s1. The number of anilines is 3. The molecule has 1 aromatic heterocycles. The Balaban J connectivity index is 1.34. The molecule has 1 fully saturated rings. The fraction of sp³-hybridized carbons (Fsp3) is 0.419. The fourth-order valence-electron chi connectivity index (χ4n) is 6.52. The lowest BCUT2D eigenvalue weighted by Crippen LogP contribution is -2.54. The lowest BCUT2D eigenvalue weighted by molar-refractivity contribution is -0.141. The average Bonchev–Trinajstić information content (AvgIpc) is 3.38. The number of piperidine rings is 1. The van der Waals surface area contributed by atoms with Crippen LogP contribution in [0.5, 0.6) is 0 Å². The second-order valence-corrected chi connectivity index (χ2v) is 12.0. The van der Waals surface area contributed by atoms with Gasteiger partial charge in [0.2, 0.25) is 5.91 Å². The van der Waals surface area contributed by atoms with E-state index in [1.54, 1.807) is 29.2 Å². The highest BCUT2D eigenvalue weighted by atomic mass is 35.5. The Morgan fingerprint density at radius 2 is 2.00 bits per heavy atom. The molecule has 0 aliphatic carbocycles. The van der Waals surface area contributed by atoms with Gasteiger partial charge in [0.1, 0.15) is 12.1 Å². The molecule has 5 N–H and O–H groups in total. The van der Waals surface area contributed by atoms with Crippen LogP contribution in [0.3, 0.4) is 0 Å². The second-order valence-electron chi connectivity index (χ2n) is 11.6. The molecule has 45 heavy (non-hydrogen) atoms. The normalized spacial score (nSPS) is 22.9. The second kappa shape index (κ2) is 12.2. The van der Waals surface area contributed by atoms with Crippen molar-refractivity contribution in [1.82, 2.24) is 14.9 Å². The molecule has 4 heterocycles. The van der Waals surface area contributed by atoms with Crippen LogP contribution in [0.15, 0.2) is 30.3 Å². The first-order valence-corrected chi connectivity index (χ1v) is 15.2. The number of amides is 3. The van der Waals surface area contributed by atoms with E-state index < -0.39 is 35.8 Å². The molecule has 3 atom stereocenters. The minimum absolute atomic E-state index is 0.0337. The summed E-state index contributed by atoms with van der Waals surface area (Å²) in [5.41, 5.74) is 1.99. The van der Waals surface area contributed by atoms with Crippen molar-refractivity contribution >= 4 is 46.8 Å². The Morgan fingerprint density at radius 1 is 1.20 bits per heavy atom. The maximum atomic E-state index is 15.4. The lowest BCUT2D eigenvalue weighted by atomic mass is 9.82. The van der Waals surface area contributed by atoms with Gasteiger partial charge in [-0.1, -0.05) is 18.0 Å². The largest absolute Gasteiger partial charge is 0.453 e. The van der Waals surface area contributed by atoms with Crippen LogP contribution < -0.4 is 16.0 Å². The number of carbonyl (C=O) groups excluding carboxylic acids is 3. The zero-order chi connectivity index (χ0) is 31.9. The van der Waals surface area contributed by atoms with Crippen molar-refractivity contribution < 1.29 is 33.4 Å². The predicted octanol–water partition coefficient (Wildman–Crippen LogP) is 5.82. The van der Waals surface area contributed by atoms with Crippen LogP contribution in [0.4, 0.5) is 31.0 Å². The third kappa shape index (κ3) is 5.89. The highest BCUT2D eigenvalue weighted by Crippen LogP contribution is 2.46. The number of fused-ring (bicyclic) bond motifs is 6. The van der Waals surface area contributed by atoms with Gasteiger partial charge in [0.25, 0.3) is 0 Å². The minimum Gasteiger partial charge on any atom is -0.453 e. The van der Waals surface area contributed by atoms with Crippen LogP contribution in [-0.2, 0) is 19.9 Å². The number of hydrogen-bond acceptors (Lipinski definition) is 8. The molecule has 3 aliphatic rings. The first-order chi connectivity index (χ1) is 21.6. The summed E-state index contributed by atoms with van der Waals surface area (Å²) in [6, 6.07) is 8.08. The lowest BCUT2D eigenvalue weighted by Gasteiger charge is -2.45. The van der Waals surface area contributed by atoms with Gasteiger partial charge in [-0.05, 0) is 69.4 Å². The van der Waals surface area contributed by atoms with Gasteiger partial charge in [0.05, 0.1) is 41.5 Å². The first-order valence-electron chi connectivity index (χ1n) is 14.9. The number of ether oxygens (including phenoxy) is 2. The topological polar surface area (TPSA) is 158 Å². The number of nitrogens with one attached hydrogen (secondary N) is 4. The number of likely N-dealkylation sites (tertiary alicyclic amines) is 1. The number of halogens is 2. The number of rotatable bonds is 2. The molecule has 6 rings (SSSR count). The third-order valence-corrected chi connectivity index (χ3v) is 8.91. The fourth-order valence-corrected chi connectivity index (χ4v) is 6.68. The quantitative estimate of drug-likeness (QED) is 0.234. The molecule has 12 nitrogen and oxygen atoms in total. The molecular weight excluding hydrogens is 607 g/mol. The van der Waals surface area contributed by atoms with Gasteiger partial charge >= 0.3 is 12.2 Å². The molecule has 238 valence electrons. The Hall–Kier alpha value is -4.36. The van der Waals surface area contributed by atoms with Crippen LogP contribution in [-0.4, -0.2) is 64.5 Å². The smallest absolute Gasteiger partial charge is 0.412 e. The van der Waals surface area contributed by atoms with E-state index in [1.165, 1.54) is 13.2 Å². The van der Waals surface area contributed by atoms with Crippen molar-refractivity contribution in [3.05, 3.63) is 58.3 Å². The number of aliphatic hydroxyl groups is 1.